The van der Waals surface area contributed by atoms with E-state index in [9.17, 15) is 4.79 Å². The molecule has 1 aliphatic rings. The van der Waals surface area contributed by atoms with Crippen LogP contribution in [-0.4, -0.2) is 34.9 Å². The summed E-state index contributed by atoms with van der Waals surface area (Å²) < 4.78 is 0. The fourth-order valence-electron chi connectivity index (χ4n) is 1.60. The van der Waals surface area contributed by atoms with Crippen molar-refractivity contribution in [2.24, 2.45) is 5.73 Å². The maximum atomic E-state index is 11.8. The Kier molecular flexibility index (Phi) is 2.52. The molecule has 0 spiro atoms. The van der Waals surface area contributed by atoms with Gasteiger partial charge in [0.2, 0.25) is 0 Å². The van der Waals surface area contributed by atoms with Crippen LogP contribution in [0.1, 0.15) is 21.9 Å². The zero-order valence-electron chi connectivity index (χ0n) is 8.06. The molecule has 76 valence electrons. The molecule has 1 fully saturated rings. The maximum Gasteiger partial charge on any atom is 0.273 e. The van der Waals surface area contributed by atoms with Crippen LogP contribution in [0.15, 0.2) is 5.38 Å². The minimum absolute atomic E-state index is 0.0160. The van der Waals surface area contributed by atoms with Gasteiger partial charge in [0.25, 0.3) is 5.91 Å². The van der Waals surface area contributed by atoms with Crippen molar-refractivity contribution in [1.29, 1.82) is 0 Å². The number of carbonyl (C=O) groups excluding carboxylic acids is 1. The summed E-state index contributed by atoms with van der Waals surface area (Å²) in [7, 11) is 0. The van der Waals surface area contributed by atoms with Gasteiger partial charge in [0.05, 0.1) is 5.01 Å². The molecular weight excluding hydrogens is 198 g/mol. The SMILES string of the molecule is Cc1nc(C(=O)N2CC[C@H](N)C2)cs1. The number of likely N-dealkylation sites (tertiary alicyclic amines) is 1. The molecule has 1 atom stereocenters. The van der Waals surface area contributed by atoms with Crippen LogP contribution in [0.5, 0.6) is 0 Å². The molecule has 0 saturated carbocycles. The van der Waals surface area contributed by atoms with Crippen molar-refractivity contribution in [2.45, 2.75) is 19.4 Å². The van der Waals surface area contributed by atoms with E-state index >= 15 is 0 Å². The number of aromatic nitrogens is 1. The van der Waals surface area contributed by atoms with Crippen LogP contribution >= 0.6 is 11.3 Å². The van der Waals surface area contributed by atoms with Crippen LogP contribution in [0.3, 0.4) is 0 Å². The average Bonchev–Trinajstić information content (AvgIpc) is 2.73. The summed E-state index contributed by atoms with van der Waals surface area (Å²) in [4.78, 5) is 17.8. The minimum Gasteiger partial charge on any atom is -0.336 e. The maximum absolute atomic E-state index is 11.8. The van der Waals surface area contributed by atoms with Crippen molar-refractivity contribution < 1.29 is 4.79 Å². The Labute approximate surface area is 86.7 Å². The van der Waals surface area contributed by atoms with Gasteiger partial charge in [-0.2, -0.15) is 0 Å². The zero-order valence-corrected chi connectivity index (χ0v) is 8.88. The lowest BCUT2D eigenvalue weighted by Gasteiger charge is -2.13. The first-order valence-electron chi connectivity index (χ1n) is 4.64. The number of nitrogens with zero attached hydrogens (tertiary/aromatic N) is 2. The molecule has 2 rings (SSSR count). The average molecular weight is 211 g/mol. The Hall–Kier alpha value is -0.940. The lowest BCUT2D eigenvalue weighted by Crippen LogP contribution is -2.32. The van der Waals surface area contributed by atoms with Gasteiger partial charge >= 0.3 is 0 Å². The molecule has 5 heteroatoms. The largest absolute Gasteiger partial charge is 0.336 e. The highest BCUT2D eigenvalue weighted by Crippen LogP contribution is 2.14. The summed E-state index contributed by atoms with van der Waals surface area (Å²) in [6.07, 6.45) is 0.898. The topological polar surface area (TPSA) is 59.2 Å². The lowest BCUT2D eigenvalue weighted by molar-refractivity contribution is 0.0785. The van der Waals surface area contributed by atoms with Gasteiger partial charge in [-0.05, 0) is 13.3 Å². The molecule has 0 bridgehead atoms. The second-order valence-electron chi connectivity index (χ2n) is 3.55. The Bertz CT molecular complexity index is 350. The predicted molar refractivity (Wildman–Crippen MR) is 55.3 cm³/mol. The standard InChI is InChI=1S/C9H13N3OS/c1-6-11-8(5-14-6)9(13)12-3-2-7(10)4-12/h5,7H,2-4,10H2,1H3/t7-/m0/s1. The third-order valence-electron chi connectivity index (χ3n) is 2.35. The number of hydrogen-bond donors (Lipinski definition) is 1. The number of thiazole rings is 1. The second-order valence-corrected chi connectivity index (χ2v) is 4.61. The fraction of sp³-hybridized carbons (Fsp3) is 0.556. The third-order valence-corrected chi connectivity index (χ3v) is 3.12. The van der Waals surface area contributed by atoms with Crippen LogP contribution < -0.4 is 5.73 Å². The molecule has 1 saturated heterocycles. The van der Waals surface area contributed by atoms with Gasteiger partial charge in [-0.1, -0.05) is 0 Å². The van der Waals surface area contributed by atoms with Crippen LogP contribution in [0.25, 0.3) is 0 Å². The van der Waals surface area contributed by atoms with Gasteiger partial charge in [0, 0.05) is 24.5 Å². The third kappa shape index (κ3) is 1.78. The smallest absolute Gasteiger partial charge is 0.273 e. The van der Waals surface area contributed by atoms with E-state index in [0.717, 1.165) is 18.0 Å². The highest BCUT2D eigenvalue weighted by atomic mass is 32.1. The summed E-state index contributed by atoms with van der Waals surface area (Å²) >= 11 is 1.50. The fourth-order valence-corrected chi connectivity index (χ4v) is 2.18. The summed E-state index contributed by atoms with van der Waals surface area (Å²) in [6, 6.07) is 0.138. The minimum atomic E-state index is 0.0160. The second kappa shape index (κ2) is 3.67. The number of carbonyl (C=O) groups is 1. The van der Waals surface area contributed by atoms with Crippen molar-refractivity contribution in [1.82, 2.24) is 9.88 Å². The highest BCUT2D eigenvalue weighted by Gasteiger charge is 2.25. The summed E-state index contributed by atoms with van der Waals surface area (Å²) in [5.74, 6) is 0.0160. The Morgan fingerprint density at radius 3 is 3.07 bits per heavy atom. The van der Waals surface area contributed by atoms with Crippen molar-refractivity contribution >= 4 is 17.2 Å². The van der Waals surface area contributed by atoms with Crippen LogP contribution in [-0.2, 0) is 0 Å². The molecule has 1 aliphatic heterocycles. The van der Waals surface area contributed by atoms with Crippen LogP contribution in [0.2, 0.25) is 0 Å². The monoisotopic (exact) mass is 211 g/mol. The zero-order chi connectivity index (χ0) is 10.1. The van der Waals surface area contributed by atoms with E-state index in [1.807, 2.05) is 12.3 Å². The van der Waals surface area contributed by atoms with E-state index < -0.39 is 0 Å². The molecule has 2 heterocycles. The number of nitrogens with two attached hydrogens (primary N) is 1. The van der Waals surface area contributed by atoms with E-state index in [2.05, 4.69) is 4.98 Å². The first kappa shape index (κ1) is 9.61. The Morgan fingerprint density at radius 1 is 1.79 bits per heavy atom. The van der Waals surface area contributed by atoms with Gasteiger partial charge < -0.3 is 10.6 Å². The van der Waals surface area contributed by atoms with Gasteiger partial charge in [-0.3, -0.25) is 4.79 Å². The van der Waals surface area contributed by atoms with Crippen molar-refractivity contribution in [3.63, 3.8) is 0 Å². The van der Waals surface area contributed by atoms with Gasteiger partial charge in [0.1, 0.15) is 5.69 Å². The van der Waals surface area contributed by atoms with Gasteiger partial charge in [-0.25, -0.2) is 4.98 Å². The lowest BCUT2D eigenvalue weighted by atomic mass is 10.3. The normalized spacial score (nSPS) is 21.6. The summed E-state index contributed by atoms with van der Waals surface area (Å²) in [5, 5.41) is 2.73. The molecule has 1 aromatic rings. The number of rotatable bonds is 1. The van der Waals surface area contributed by atoms with Crippen LogP contribution in [0, 0.1) is 6.92 Å². The first-order valence-corrected chi connectivity index (χ1v) is 5.52. The molecule has 14 heavy (non-hydrogen) atoms. The molecule has 0 radical (unpaired) electrons. The quantitative estimate of drug-likeness (QED) is 0.741. The molecule has 2 N–H and O–H groups in total. The van der Waals surface area contributed by atoms with E-state index in [0.29, 0.717) is 12.2 Å². The summed E-state index contributed by atoms with van der Waals surface area (Å²) in [5.41, 5.74) is 6.29. The number of aryl methyl sites for hydroxylation is 1. The Morgan fingerprint density at radius 2 is 2.57 bits per heavy atom. The van der Waals surface area contributed by atoms with Crippen LogP contribution in [0.4, 0.5) is 0 Å². The van der Waals surface area contributed by atoms with E-state index in [1.165, 1.54) is 11.3 Å². The molecular formula is C9H13N3OS. The van der Waals surface area contributed by atoms with E-state index in [4.69, 9.17) is 5.73 Å². The van der Waals surface area contributed by atoms with Crippen molar-refractivity contribution in [2.75, 3.05) is 13.1 Å². The molecule has 1 amide bonds. The van der Waals surface area contributed by atoms with E-state index in [1.54, 1.807) is 4.90 Å². The number of amides is 1. The van der Waals surface area contributed by atoms with Crippen molar-refractivity contribution in [3.05, 3.63) is 16.1 Å². The molecule has 1 aromatic heterocycles. The number of hydrogen-bond acceptors (Lipinski definition) is 4. The first-order chi connectivity index (χ1) is 6.66. The predicted octanol–water partition coefficient (Wildman–Crippen LogP) is 0.625. The van der Waals surface area contributed by atoms with Gasteiger partial charge in [0.15, 0.2) is 0 Å². The summed E-state index contributed by atoms with van der Waals surface area (Å²) in [6.45, 7) is 3.32. The van der Waals surface area contributed by atoms with E-state index in [-0.39, 0.29) is 11.9 Å². The molecule has 0 aromatic carbocycles. The Balaban J connectivity index is 2.09. The van der Waals surface area contributed by atoms with Gasteiger partial charge in [-0.15, -0.1) is 11.3 Å². The molecule has 4 nitrogen and oxygen atoms in total. The molecule has 0 unspecified atom stereocenters. The van der Waals surface area contributed by atoms with Crippen molar-refractivity contribution in [3.8, 4) is 0 Å². The highest BCUT2D eigenvalue weighted by molar-refractivity contribution is 7.09. The molecule has 0 aliphatic carbocycles.